The minimum atomic E-state index is -4.52. The topological polar surface area (TPSA) is 67.6 Å². The van der Waals surface area contributed by atoms with Gasteiger partial charge in [0.2, 0.25) is 0 Å². The van der Waals surface area contributed by atoms with E-state index in [2.05, 4.69) is 26.9 Å². The molecule has 0 aliphatic heterocycles. The maximum atomic E-state index is 13.5. The fourth-order valence-electron chi connectivity index (χ4n) is 6.64. The highest BCUT2D eigenvalue weighted by molar-refractivity contribution is 5.88. The minimum Gasteiger partial charge on any atom is -0.494 e. The van der Waals surface area contributed by atoms with Crippen molar-refractivity contribution in [3.05, 3.63) is 71.4 Å². The average Bonchev–Trinajstić information content (AvgIpc) is 3.33. The Morgan fingerprint density at radius 1 is 0.976 bits per heavy atom. The van der Waals surface area contributed by atoms with E-state index in [1.165, 1.54) is 7.11 Å². The van der Waals surface area contributed by atoms with Crippen LogP contribution in [0.15, 0.2) is 54.7 Å². The third-order valence-electron chi connectivity index (χ3n) is 8.43. The lowest BCUT2D eigenvalue weighted by Crippen LogP contribution is -2.62. The van der Waals surface area contributed by atoms with Gasteiger partial charge < -0.3 is 23.5 Å². The summed E-state index contributed by atoms with van der Waals surface area (Å²) < 4.78 is 65.6. The highest BCUT2D eigenvalue weighted by Crippen LogP contribution is 2.60. The largest absolute Gasteiger partial charge is 0.494 e. The first kappa shape index (κ1) is 27.5. The highest BCUT2D eigenvalue weighted by Gasteiger charge is 2.59. The summed E-state index contributed by atoms with van der Waals surface area (Å²) >= 11 is 0. The summed E-state index contributed by atoms with van der Waals surface area (Å²) in [5.74, 6) is 0.652. The van der Waals surface area contributed by atoms with Gasteiger partial charge in [0.15, 0.2) is 12.4 Å². The van der Waals surface area contributed by atoms with Crippen molar-refractivity contribution in [2.75, 3.05) is 21.0 Å². The summed E-state index contributed by atoms with van der Waals surface area (Å²) in [5, 5.41) is 9.82. The monoisotopic (exact) mass is 567 g/mol. The number of ether oxygens (including phenoxy) is 4. The van der Waals surface area contributed by atoms with Gasteiger partial charge in [0.1, 0.15) is 11.5 Å². The molecule has 2 heterocycles. The molecule has 7 rings (SSSR count). The Bertz CT molecular complexity index is 1560. The summed E-state index contributed by atoms with van der Waals surface area (Å²) in [4.78, 5) is 0. The van der Waals surface area contributed by atoms with Gasteiger partial charge in [-0.25, -0.2) is 0 Å². The van der Waals surface area contributed by atoms with Crippen molar-refractivity contribution in [2.45, 2.75) is 63.0 Å². The van der Waals surface area contributed by atoms with Gasteiger partial charge in [0.25, 0.3) is 0 Å². The van der Waals surface area contributed by atoms with Crippen LogP contribution >= 0.6 is 0 Å². The molecule has 2 aromatic carbocycles. The second-order valence-electron chi connectivity index (χ2n) is 11.1. The van der Waals surface area contributed by atoms with Crippen molar-refractivity contribution in [3.63, 3.8) is 0 Å². The summed E-state index contributed by atoms with van der Waals surface area (Å²) in [6.07, 6.45) is 2.24. The minimum absolute atomic E-state index is 0.0245. The first-order valence-electron chi connectivity index (χ1n) is 13.6. The van der Waals surface area contributed by atoms with E-state index in [1.54, 1.807) is 14.0 Å². The number of alkyl halides is 3. The van der Waals surface area contributed by atoms with Gasteiger partial charge in [-0.05, 0) is 55.5 Å². The van der Waals surface area contributed by atoms with Crippen molar-refractivity contribution < 1.29 is 32.1 Å². The van der Waals surface area contributed by atoms with Gasteiger partial charge in [-0.2, -0.15) is 13.2 Å². The average molecular weight is 568 g/mol. The third kappa shape index (κ3) is 4.93. The Morgan fingerprint density at radius 2 is 1.76 bits per heavy atom. The zero-order valence-corrected chi connectivity index (χ0v) is 23.3. The van der Waals surface area contributed by atoms with Crippen LogP contribution < -0.4 is 9.47 Å². The fourth-order valence-corrected chi connectivity index (χ4v) is 6.64. The molecule has 0 spiro atoms. The van der Waals surface area contributed by atoms with Gasteiger partial charge in [-0.3, -0.25) is 0 Å². The molecule has 3 fully saturated rings. The van der Waals surface area contributed by atoms with Crippen molar-refractivity contribution >= 4 is 11.0 Å². The van der Waals surface area contributed by atoms with E-state index in [4.69, 9.17) is 18.9 Å². The predicted molar refractivity (Wildman–Crippen MR) is 147 cm³/mol. The molecule has 0 N–H and O–H groups in total. The molecule has 10 heteroatoms. The molecule has 216 valence electrons. The number of nitrogens with zero attached hydrogens (tertiary/aromatic N) is 3. The SMILES string of the molecule is COCOc1cc(C(F)(F)F)cc(C)c1-c1cc2c(OC)cn(C34CCCC(OCc5ccccc5)(C3)C4)c2nn1. The fraction of sp³-hybridized carbons (Fsp3) is 0.419. The van der Waals surface area contributed by atoms with Crippen molar-refractivity contribution in [1.29, 1.82) is 0 Å². The molecule has 3 aliphatic carbocycles. The maximum Gasteiger partial charge on any atom is 0.416 e. The number of hydrogen-bond donors (Lipinski definition) is 0. The molecule has 2 bridgehead atoms. The molecule has 0 radical (unpaired) electrons. The number of rotatable bonds is 9. The van der Waals surface area contributed by atoms with Gasteiger partial charge in [0.05, 0.1) is 41.5 Å². The molecule has 7 nitrogen and oxygen atoms in total. The third-order valence-corrected chi connectivity index (χ3v) is 8.43. The van der Waals surface area contributed by atoms with Crippen molar-refractivity contribution in [3.8, 4) is 22.8 Å². The molecule has 3 aliphatic rings. The molecule has 0 unspecified atom stereocenters. The van der Waals surface area contributed by atoms with Crippen LogP contribution in [-0.2, 0) is 27.8 Å². The number of aromatic nitrogens is 3. The molecule has 0 saturated heterocycles. The molecular formula is C31H32F3N3O4. The van der Waals surface area contributed by atoms with E-state index in [0.29, 0.717) is 34.8 Å². The number of halogens is 3. The van der Waals surface area contributed by atoms with E-state index in [-0.39, 0.29) is 23.7 Å². The van der Waals surface area contributed by atoms with Gasteiger partial charge in [-0.1, -0.05) is 30.3 Å². The first-order chi connectivity index (χ1) is 19.7. The van der Waals surface area contributed by atoms with Crippen LogP contribution in [0.4, 0.5) is 13.2 Å². The number of hydrogen-bond acceptors (Lipinski definition) is 6. The zero-order chi connectivity index (χ0) is 28.8. The van der Waals surface area contributed by atoms with E-state index in [0.717, 1.165) is 55.2 Å². The lowest BCUT2D eigenvalue weighted by atomic mass is 9.56. The molecule has 0 atom stereocenters. The Kier molecular flexibility index (Phi) is 6.94. The zero-order valence-electron chi connectivity index (χ0n) is 23.3. The highest BCUT2D eigenvalue weighted by atomic mass is 19.4. The van der Waals surface area contributed by atoms with E-state index in [9.17, 15) is 13.2 Å². The Balaban J connectivity index is 1.35. The van der Waals surface area contributed by atoms with Crippen LogP contribution in [0.1, 0.15) is 48.8 Å². The smallest absolute Gasteiger partial charge is 0.416 e. The standard InChI is InChI=1S/C31H32F3N3O4/c1-20-12-22(31(32,33)34)13-25(40-19-38-2)27(20)24-14-23-26(39-3)15-37(28(23)36-35-24)29-10-7-11-30(17-29,18-29)41-16-21-8-5-4-6-9-21/h4-6,8-9,12-15H,7,10-11,16-19H2,1-3H3. The number of benzene rings is 2. The van der Waals surface area contributed by atoms with Crippen LogP contribution in [0, 0.1) is 6.92 Å². The Labute approximate surface area is 236 Å². The quantitative estimate of drug-likeness (QED) is 0.202. The van der Waals surface area contributed by atoms with Gasteiger partial charge in [-0.15, -0.1) is 10.2 Å². The summed E-state index contributed by atoms with van der Waals surface area (Å²) in [7, 11) is 3.01. The van der Waals surface area contributed by atoms with E-state index < -0.39 is 11.7 Å². The van der Waals surface area contributed by atoms with Crippen molar-refractivity contribution in [2.24, 2.45) is 0 Å². The Hall–Kier alpha value is -3.63. The van der Waals surface area contributed by atoms with Crippen LogP contribution in [0.25, 0.3) is 22.3 Å². The van der Waals surface area contributed by atoms with Gasteiger partial charge in [0, 0.05) is 31.7 Å². The second-order valence-corrected chi connectivity index (χ2v) is 11.1. The lowest BCUT2D eigenvalue weighted by molar-refractivity contribution is -0.197. The van der Waals surface area contributed by atoms with Gasteiger partial charge >= 0.3 is 6.18 Å². The van der Waals surface area contributed by atoms with Crippen molar-refractivity contribution in [1.82, 2.24) is 14.8 Å². The van der Waals surface area contributed by atoms with Crippen LogP contribution in [0.3, 0.4) is 0 Å². The normalized spacial score (nSPS) is 22.0. The van der Waals surface area contributed by atoms with E-state index >= 15 is 0 Å². The molecule has 0 amide bonds. The predicted octanol–water partition coefficient (Wildman–Crippen LogP) is 7.05. The first-order valence-corrected chi connectivity index (χ1v) is 13.6. The lowest BCUT2D eigenvalue weighted by Gasteiger charge is -2.60. The molecule has 3 saturated carbocycles. The maximum absolute atomic E-state index is 13.5. The van der Waals surface area contributed by atoms with Crippen LogP contribution in [-0.4, -0.2) is 41.4 Å². The number of aryl methyl sites for hydroxylation is 1. The molecule has 4 aromatic rings. The molecule has 41 heavy (non-hydrogen) atoms. The van der Waals surface area contributed by atoms with Crippen LogP contribution in [0.2, 0.25) is 0 Å². The van der Waals surface area contributed by atoms with E-state index in [1.807, 2.05) is 30.5 Å². The summed E-state index contributed by atoms with van der Waals surface area (Å²) in [6.45, 7) is 1.97. The Morgan fingerprint density at radius 3 is 2.46 bits per heavy atom. The number of methoxy groups -OCH3 is 2. The van der Waals surface area contributed by atoms with Crippen LogP contribution in [0.5, 0.6) is 11.5 Å². The summed E-state index contributed by atoms with van der Waals surface area (Å²) in [6, 6.07) is 14.1. The summed E-state index contributed by atoms with van der Waals surface area (Å²) in [5.41, 5.74) is 1.88. The number of fused-ring (bicyclic) bond motifs is 3. The molecule has 2 aromatic heterocycles. The second kappa shape index (κ2) is 10.3. The molecular weight excluding hydrogens is 535 g/mol.